The maximum Gasteiger partial charge on any atom is 0.220 e. The van der Waals surface area contributed by atoms with Gasteiger partial charge in [-0.2, -0.15) is 0 Å². The van der Waals surface area contributed by atoms with Gasteiger partial charge in [-0.25, -0.2) is 0 Å². The van der Waals surface area contributed by atoms with Crippen LogP contribution in [0.5, 0.6) is 0 Å². The third kappa shape index (κ3) is 62.5. The van der Waals surface area contributed by atoms with Crippen LogP contribution in [0.15, 0.2) is 170 Å². The fraction of sp³-hybridized carbons (Fsp3) is 0.603. The second-order valence-corrected chi connectivity index (χ2v) is 20.7. The van der Waals surface area contributed by atoms with Crippen molar-refractivity contribution >= 4 is 5.91 Å². The topological polar surface area (TPSA) is 69.6 Å². The maximum absolute atomic E-state index is 12.5. The summed E-state index contributed by atoms with van der Waals surface area (Å²) in [7, 11) is 0. The molecule has 0 bridgehead atoms. The van der Waals surface area contributed by atoms with Crippen LogP contribution in [0.3, 0.4) is 0 Å². The Bertz CT molecular complexity index is 1670. The van der Waals surface area contributed by atoms with Crippen LogP contribution in [0, 0.1) is 0 Å². The van der Waals surface area contributed by atoms with Crippen LogP contribution in [0.4, 0.5) is 0 Å². The number of carbonyl (C=O) groups is 1. The van der Waals surface area contributed by atoms with Gasteiger partial charge in [0.15, 0.2) is 0 Å². The van der Waals surface area contributed by atoms with Crippen LogP contribution >= 0.6 is 0 Å². The number of aliphatic hydroxyl groups excluding tert-OH is 2. The number of hydrogen-bond donors (Lipinski definition) is 3. The van der Waals surface area contributed by atoms with E-state index in [0.29, 0.717) is 6.42 Å². The van der Waals surface area contributed by atoms with E-state index >= 15 is 0 Å². The molecule has 0 saturated heterocycles. The smallest absolute Gasteiger partial charge is 0.220 e. The van der Waals surface area contributed by atoms with Crippen molar-refractivity contribution in [1.82, 2.24) is 5.32 Å². The lowest BCUT2D eigenvalue weighted by atomic mass is 10.0. The van der Waals surface area contributed by atoms with Crippen LogP contribution in [0.2, 0.25) is 0 Å². The predicted molar refractivity (Wildman–Crippen MR) is 344 cm³/mol. The van der Waals surface area contributed by atoms with Crippen LogP contribution in [0.1, 0.15) is 264 Å². The fourth-order valence-corrected chi connectivity index (χ4v) is 8.65. The molecular formula is C73H119NO3. The lowest BCUT2D eigenvalue weighted by Crippen LogP contribution is -2.45. The molecule has 434 valence electrons. The van der Waals surface area contributed by atoms with Crippen molar-refractivity contribution in [3.8, 4) is 0 Å². The zero-order valence-electron chi connectivity index (χ0n) is 49.9. The van der Waals surface area contributed by atoms with Gasteiger partial charge in [0.05, 0.1) is 18.8 Å². The Balaban J connectivity index is 3.71. The van der Waals surface area contributed by atoms with Crippen molar-refractivity contribution < 1.29 is 15.0 Å². The van der Waals surface area contributed by atoms with E-state index in [4.69, 9.17) is 0 Å². The molecular weight excluding hydrogens is 939 g/mol. The summed E-state index contributed by atoms with van der Waals surface area (Å²) in [5.41, 5.74) is 0. The number of rotatable bonds is 56. The third-order valence-electron chi connectivity index (χ3n) is 13.4. The van der Waals surface area contributed by atoms with E-state index < -0.39 is 12.1 Å². The number of carbonyl (C=O) groups excluding carboxylic acids is 1. The molecule has 0 rings (SSSR count). The van der Waals surface area contributed by atoms with Crippen LogP contribution in [-0.2, 0) is 4.79 Å². The third-order valence-corrected chi connectivity index (χ3v) is 13.4. The van der Waals surface area contributed by atoms with Crippen LogP contribution < -0.4 is 5.32 Å². The first kappa shape index (κ1) is 72.8. The largest absolute Gasteiger partial charge is 0.394 e. The molecule has 4 heteroatoms. The zero-order chi connectivity index (χ0) is 55.5. The van der Waals surface area contributed by atoms with Crippen molar-refractivity contribution in [3.05, 3.63) is 170 Å². The van der Waals surface area contributed by atoms with Gasteiger partial charge in [-0.15, -0.1) is 0 Å². The minimum Gasteiger partial charge on any atom is -0.394 e. The Labute approximate surface area is 477 Å². The summed E-state index contributed by atoms with van der Waals surface area (Å²) in [5, 5.41) is 23.2. The Morgan fingerprint density at radius 2 is 0.584 bits per heavy atom. The monoisotopic (exact) mass is 1060 g/mol. The minimum atomic E-state index is -0.887. The fourth-order valence-electron chi connectivity index (χ4n) is 8.65. The summed E-state index contributed by atoms with van der Waals surface area (Å²) in [5.74, 6) is -0.103. The first-order valence-electron chi connectivity index (χ1n) is 31.8. The second kappa shape index (κ2) is 66.0. The molecule has 0 aromatic heterocycles. The number of hydrogen-bond acceptors (Lipinski definition) is 3. The molecule has 0 radical (unpaired) electrons. The highest BCUT2D eigenvalue weighted by Crippen LogP contribution is 2.15. The number of nitrogens with one attached hydrogen (secondary N) is 1. The molecule has 0 aromatic carbocycles. The quantitative estimate of drug-likeness (QED) is 0.0420. The molecule has 0 heterocycles. The second-order valence-electron chi connectivity index (χ2n) is 20.7. The molecule has 0 fully saturated rings. The first-order valence-corrected chi connectivity index (χ1v) is 31.8. The molecule has 0 aliphatic rings. The minimum absolute atomic E-state index is 0.103. The predicted octanol–water partition coefficient (Wildman–Crippen LogP) is 21.9. The molecule has 0 aliphatic heterocycles. The maximum atomic E-state index is 12.5. The van der Waals surface area contributed by atoms with Crippen molar-refractivity contribution in [1.29, 1.82) is 0 Å². The van der Waals surface area contributed by atoms with Crippen molar-refractivity contribution in [2.45, 2.75) is 276 Å². The number of amides is 1. The Morgan fingerprint density at radius 1 is 0.325 bits per heavy atom. The summed E-state index contributed by atoms with van der Waals surface area (Å²) >= 11 is 0. The van der Waals surface area contributed by atoms with Crippen molar-refractivity contribution in [2.24, 2.45) is 0 Å². The molecule has 4 nitrogen and oxygen atoms in total. The highest BCUT2D eigenvalue weighted by Gasteiger charge is 2.18. The number of unbranched alkanes of at least 4 members (excludes halogenated alkanes) is 23. The SMILES string of the molecule is CC/C=C\C/C=C\C/C=C\C/C=C\C/C=C\C/C=C\C/C=C\C/C=C\C/C=C\C/C=C\C/C=C\C/C=C\CCCCCCC(=O)NC(CO)C(O)/C=C/CC/C=C/CCCCCCCCCCCCCCCCCCCC. The molecule has 0 aromatic rings. The van der Waals surface area contributed by atoms with Gasteiger partial charge >= 0.3 is 0 Å². The van der Waals surface area contributed by atoms with Crippen molar-refractivity contribution in [2.75, 3.05) is 6.61 Å². The van der Waals surface area contributed by atoms with Gasteiger partial charge in [0.1, 0.15) is 0 Å². The Hall–Kier alpha value is -4.25. The average molecular weight is 1060 g/mol. The molecule has 2 unspecified atom stereocenters. The van der Waals surface area contributed by atoms with Gasteiger partial charge in [-0.05, 0) is 122 Å². The molecule has 0 aliphatic carbocycles. The molecule has 1 amide bonds. The van der Waals surface area contributed by atoms with Gasteiger partial charge in [0.25, 0.3) is 0 Å². The highest BCUT2D eigenvalue weighted by molar-refractivity contribution is 5.76. The van der Waals surface area contributed by atoms with Gasteiger partial charge in [0.2, 0.25) is 5.91 Å². The van der Waals surface area contributed by atoms with Gasteiger partial charge in [-0.1, -0.05) is 306 Å². The molecule has 0 spiro atoms. The highest BCUT2D eigenvalue weighted by atomic mass is 16.3. The number of allylic oxidation sites excluding steroid dienone is 27. The Morgan fingerprint density at radius 3 is 0.909 bits per heavy atom. The van der Waals surface area contributed by atoms with E-state index in [1.165, 1.54) is 116 Å². The van der Waals surface area contributed by atoms with Gasteiger partial charge < -0.3 is 15.5 Å². The normalized spacial score (nSPS) is 14.0. The summed E-state index contributed by atoms with van der Waals surface area (Å²) in [4.78, 5) is 12.5. The molecule has 3 N–H and O–H groups in total. The van der Waals surface area contributed by atoms with E-state index in [2.05, 4.69) is 177 Å². The van der Waals surface area contributed by atoms with Gasteiger partial charge in [-0.3, -0.25) is 4.79 Å². The number of aliphatic hydroxyl groups is 2. The summed E-state index contributed by atoms with van der Waals surface area (Å²) < 4.78 is 0. The lowest BCUT2D eigenvalue weighted by Gasteiger charge is -2.19. The zero-order valence-corrected chi connectivity index (χ0v) is 49.9. The first-order chi connectivity index (χ1) is 38.2. The molecule has 0 saturated carbocycles. The molecule has 77 heavy (non-hydrogen) atoms. The average Bonchev–Trinajstić information content (AvgIpc) is 3.43. The summed E-state index contributed by atoms with van der Waals surface area (Å²) in [6, 6.07) is -0.667. The van der Waals surface area contributed by atoms with Gasteiger partial charge in [0, 0.05) is 6.42 Å². The van der Waals surface area contributed by atoms with E-state index in [0.717, 1.165) is 128 Å². The van der Waals surface area contributed by atoms with E-state index in [-0.39, 0.29) is 12.5 Å². The lowest BCUT2D eigenvalue weighted by molar-refractivity contribution is -0.123. The van der Waals surface area contributed by atoms with E-state index in [9.17, 15) is 15.0 Å². The molecule has 2 atom stereocenters. The summed E-state index contributed by atoms with van der Waals surface area (Å²) in [6.07, 6.45) is 107. The van der Waals surface area contributed by atoms with E-state index in [1.807, 2.05) is 6.08 Å². The standard InChI is InChI=1S/C73H119NO3/c1-3-5-7-9-11-13-15-17-19-21-23-25-27-29-30-31-32-33-34-35-36-37-38-39-40-41-42-43-44-45-47-49-51-53-55-57-59-61-63-65-67-69-73(77)74-71(70-75)72(76)68-66-64-62-60-58-56-54-52-50-48-46-28-26-24-22-20-18-16-14-12-10-8-6-4-2/h5,7,11,13,17,19,23,25,29-30,32-33,35-36,38-39,41-42,44-45,49,51,55,57-58,60,66,68,71-72,75-76H,3-4,6,8-10,12,14-16,18,20-22,24,26-28,31,34,37,40,43,46-48,50,52-54,56,59,61-65,67,69-70H2,1-2H3,(H,74,77)/b7-5-,13-11-,19-17-,25-23-,30-29-,33-32-,36-35-,39-38-,42-41-,45-44-,51-49-,57-55-,60-58+,68-66+. The van der Waals surface area contributed by atoms with Crippen LogP contribution in [-0.4, -0.2) is 34.9 Å². The summed E-state index contributed by atoms with van der Waals surface area (Å²) in [6.45, 7) is 4.18. The van der Waals surface area contributed by atoms with Crippen LogP contribution in [0.25, 0.3) is 0 Å². The van der Waals surface area contributed by atoms with E-state index in [1.54, 1.807) is 6.08 Å². The van der Waals surface area contributed by atoms with Crippen molar-refractivity contribution in [3.63, 3.8) is 0 Å². The Kier molecular flexibility index (Phi) is 62.4.